The van der Waals surface area contributed by atoms with Crippen LogP contribution < -0.4 is 9.64 Å². The van der Waals surface area contributed by atoms with Gasteiger partial charge >= 0.3 is 5.97 Å². The lowest BCUT2D eigenvalue weighted by Gasteiger charge is -2.20. The van der Waals surface area contributed by atoms with Crippen LogP contribution in [-0.4, -0.2) is 35.8 Å². The van der Waals surface area contributed by atoms with Crippen LogP contribution >= 0.6 is 0 Å². The summed E-state index contributed by atoms with van der Waals surface area (Å²) in [5.74, 6) is -0.246. The molecular formula is C22H26N2O4. The van der Waals surface area contributed by atoms with Crippen molar-refractivity contribution in [2.45, 2.75) is 32.6 Å². The molecule has 1 N–H and O–H groups in total. The normalized spacial score (nSPS) is 10.9. The molecule has 28 heavy (non-hydrogen) atoms. The molecule has 0 amide bonds. The molecule has 148 valence electrons. The number of para-hydroxylation sites is 2. The van der Waals surface area contributed by atoms with Crippen LogP contribution in [0.5, 0.6) is 5.75 Å². The van der Waals surface area contributed by atoms with E-state index >= 15 is 0 Å². The van der Waals surface area contributed by atoms with E-state index in [4.69, 9.17) is 14.3 Å². The Morgan fingerprint density at radius 1 is 1.07 bits per heavy atom. The number of aromatic carboxylic acids is 1. The van der Waals surface area contributed by atoms with E-state index in [1.54, 1.807) is 24.3 Å². The number of fused-ring (bicyclic) bond motifs is 1. The van der Waals surface area contributed by atoms with E-state index in [2.05, 4.69) is 16.8 Å². The van der Waals surface area contributed by atoms with E-state index in [1.807, 2.05) is 24.3 Å². The summed E-state index contributed by atoms with van der Waals surface area (Å²) in [7, 11) is 0. The first-order valence-electron chi connectivity index (χ1n) is 9.74. The summed E-state index contributed by atoms with van der Waals surface area (Å²) in [6.45, 7) is 4.53. The minimum absolute atomic E-state index is 0.261. The molecule has 3 aromatic rings. The number of carboxylic acid groups (broad SMARTS) is 1. The van der Waals surface area contributed by atoms with E-state index in [0.29, 0.717) is 18.4 Å². The number of ether oxygens (including phenoxy) is 1. The number of unbranched alkanes of at least 4 members (excludes halogenated alkanes) is 2. The molecule has 2 aromatic carbocycles. The van der Waals surface area contributed by atoms with Crippen molar-refractivity contribution in [3.63, 3.8) is 0 Å². The van der Waals surface area contributed by atoms with Crippen molar-refractivity contribution in [1.29, 1.82) is 0 Å². The first-order valence-corrected chi connectivity index (χ1v) is 9.74. The van der Waals surface area contributed by atoms with Gasteiger partial charge in [-0.2, -0.15) is 4.98 Å². The largest absolute Gasteiger partial charge is 0.494 e. The predicted molar refractivity (Wildman–Crippen MR) is 109 cm³/mol. The second kappa shape index (κ2) is 9.78. The number of nitrogens with zero attached hydrogens (tertiary/aromatic N) is 2. The smallest absolute Gasteiger partial charge is 0.335 e. The van der Waals surface area contributed by atoms with Crippen molar-refractivity contribution >= 4 is 23.1 Å². The van der Waals surface area contributed by atoms with Gasteiger partial charge in [0.25, 0.3) is 6.01 Å². The SMILES string of the molecule is CCCCN(CCCCOc1ccc(C(=O)O)cc1)c1nc2ccccc2o1. The Labute approximate surface area is 164 Å². The highest BCUT2D eigenvalue weighted by molar-refractivity contribution is 5.87. The third kappa shape index (κ3) is 5.25. The van der Waals surface area contributed by atoms with Crippen LogP contribution in [0.2, 0.25) is 0 Å². The maximum Gasteiger partial charge on any atom is 0.335 e. The molecule has 0 aliphatic carbocycles. The molecule has 3 rings (SSSR count). The quantitative estimate of drug-likeness (QED) is 0.471. The standard InChI is InChI=1S/C22H26N2O4/c1-2-3-14-24(22-23-19-8-4-5-9-20(19)28-22)15-6-7-16-27-18-12-10-17(11-13-18)21(25)26/h4-5,8-13H,2-3,6-7,14-16H2,1H3,(H,25,26). The number of rotatable bonds is 11. The number of carbonyl (C=O) groups is 1. The summed E-state index contributed by atoms with van der Waals surface area (Å²) >= 11 is 0. The van der Waals surface area contributed by atoms with Crippen LogP contribution in [0.3, 0.4) is 0 Å². The number of hydrogen-bond acceptors (Lipinski definition) is 5. The topological polar surface area (TPSA) is 75.8 Å². The van der Waals surface area contributed by atoms with Gasteiger partial charge in [0.05, 0.1) is 12.2 Å². The van der Waals surface area contributed by atoms with Crippen LogP contribution in [0.1, 0.15) is 43.0 Å². The van der Waals surface area contributed by atoms with Gasteiger partial charge in [-0.05, 0) is 55.7 Å². The number of aromatic nitrogens is 1. The minimum atomic E-state index is -0.932. The zero-order valence-electron chi connectivity index (χ0n) is 16.1. The van der Waals surface area contributed by atoms with Crippen molar-refractivity contribution in [1.82, 2.24) is 4.98 Å². The molecule has 0 saturated heterocycles. The Balaban J connectivity index is 1.49. The molecule has 1 aromatic heterocycles. The Bertz CT molecular complexity index is 856. The summed E-state index contributed by atoms with van der Waals surface area (Å²) in [6.07, 6.45) is 4.05. The van der Waals surface area contributed by atoms with Crippen molar-refractivity contribution < 1.29 is 19.1 Å². The Kier molecular flexibility index (Phi) is 6.89. The molecule has 0 aliphatic heterocycles. The average Bonchev–Trinajstić information content (AvgIpc) is 3.14. The van der Waals surface area contributed by atoms with E-state index in [9.17, 15) is 4.79 Å². The van der Waals surface area contributed by atoms with Gasteiger partial charge in [-0.25, -0.2) is 4.79 Å². The summed E-state index contributed by atoms with van der Waals surface area (Å²) < 4.78 is 11.6. The van der Waals surface area contributed by atoms with Gasteiger partial charge in [-0.1, -0.05) is 25.5 Å². The van der Waals surface area contributed by atoms with Gasteiger partial charge in [-0.3, -0.25) is 0 Å². The highest BCUT2D eigenvalue weighted by Gasteiger charge is 2.13. The van der Waals surface area contributed by atoms with Crippen LogP contribution in [0.25, 0.3) is 11.1 Å². The minimum Gasteiger partial charge on any atom is -0.494 e. The molecule has 1 heterocycles. The van der Waals surface area contributed by atoms with Crippen LogP contribution in [0.15, 0.2) is 52.9 Å². The van der Waals surface area contributed by atoms with Crippen LogP contribution in [-0.2, 0) is 0 Å². The van der Waals surface area contributed by atoms with Crippen LogP contribution in [0, 0.1) is 0 Å². The summed E-state index contributed by atoms with van der Waals surface area (Å²) in [5, 5.41) is 8.92. The van der Waals surface area contributed by atoms with Gasteiger partial charge in [0.2, 0.25) is 0 Å². The zero-order valence-corrected chi connectivity index (χ0v) is 16.1. The van der Waals surface area contributed by atoms with Gasteiger partial charge in [0, 0.05) is 13.1 Å². The lowest BCUT2D eigenvalue weighted by atomic mass is 10.2. The number of carboxylic acids is 1. The third-order valence-corrected chi connectivity index (χ3v) is 4.53. The Morgan fingerprint density at radius 2 is 1.82 bits per heavy atom. The van der Waals surface area contributed by atoms with E-state index in [0.717, 1.165) is 49.9 Å². The third-order valence-electron chi connectivity index (χ3n) is 4.53. The Morgan fingerprint density at radius 3 is 2.54 bits per heavy atom. The highest BCUT2D eigenvalue weighted by atomic mass is 16.5. The molecule has 0 atom stereocenters. The van der Waals surface area contributed by atoms with Crippen LogP contribution in [0.4, 0.5) is 6.01 Å². The van der Waals surface area contributed by atoms with Gasteiger partial charge < -0.3 is 19.2 Å². The zero-order chi connectivity index (χ0) is 19.8. The van der Waals surface area contributed by atoms with Gasteiger partial charge in [0.1, 0.15) is 11.3 Å². The summed E-state index contributed by atoms with van der Waals surface area (Å²) in [6, 6.07) is 15.0. The first kappa shape index (κ1) is 19.7. The molecule has 6 heteroatoms. The second-order valence-electron chi connectivity index (χ2n) is 6.69. The van der Waals surface area contributed by atoms with E-state index < -0.39 is 5.97 Å². The molecule has 6 nitrogen and oxygen atoms in total. The molecule has 0 spiro atoms. The lowest BCUT2D eigenvalue weighted by molar-refractivity contribution is 0.0697. The van der Waals surface area contributed by atoms with Crippen molar-refractivity contribution in [3.8, 4) is 5.75 Å². The van der Waals surface area contributed by atoms with Crippen molar-refractivity contribution in [2.75, 3.05) is 24.6 Å². The first-order chi connectivity index (χ1) is 13.7. The molecule has 0 unspecified atom stereocenters. The van der Waals surface area contributed by atoms with Crippen molar-refractivity contribution in [2.24, 2.45) is 0 Å². The van der Waals surface area contributed by atoms with E-state index in [1.165, 1.54) is 0 Å². The molecule has 0 aliphatic rings. The number of benzene rings is 2. The average molecular weight is 382 g/mol. The van der Waals surface area contributed by atoms with Gasteiger partial charge in [-0.15, -0.1) is 0 Å². The van der Waals surface area contributed by atoms with E-state index in [-0.39, 0.29) is 5.56 Å². The van der Waals surface area contributed by atoms with Crippen molar-refractivity contribution in [3.05, 3.63) is 54.1 Å². The number of oxazole rings is 1. The summed E-state index contributed by atoms with van der Waals surface area (Å²) in [4.78, 5) is 17.7. The Hall–Kier alpha value is -3.02. The fraction of sp³-hybridized carbons (Fsp3) is 0.364. The monoisotopic (exact) mass is 382 g/mol. The molecule has 0 bridgehead atoms. The predicted octanol–water partition coefficient (Wildman–Crippen LogP) is 4.99. The van der Waals surface area contributed by atoms with Gasteiger partial charge in [0.15, 0.2) is 5.58 Å². The molecule has 0 radical (unpaired) electrons. The number of hydrogen-bond donors (Lipinski definition) is 1. The highest BCUT2D eigenvalue weighted by Crippen LogP contribution is 2.22. The fourth-order valence-corrected chi connectivity index (χ4v) is 2.94. The number of anilines is 1. The lowest BCUT2D eigenvalue weighted by Crippen LogP contribution is -2.26. The fourth-order valence-electron chi connectivity index (χ4n) is 2.94. The maximum absolute atomic E-state index is 10.9. The molecule has 0 saturated carbocycles. The molecule has 0 fully saturated rings. The molecular weight excluding hydrogens is 356 g/mol. The maximum atomic E-state index is 10.9. The summed E-state index contributed by atoms with van der Waals surface area (Å²) in [5.41, 5.74) is 1.96. The second-order valence-corrected chi connectivity index (χ2v) is 6.69.